The Morgan fingerprint density at radius 3 is 2.57 bits per heavy atom. The molecular weight excluding hydrogens is 467 g/mol. The van der Waals surface area contributed by atoms with Gasteiger partial charge in [0.25, 0.3) is 0 Å². The van der Waals surface area contributed by atoms with Crippen LogP contribution in [0.1, 0.15) is 46.3 Å². The first-order chi connectivity index (χ1) is 13.1. The van der Waals surface area contributed by atoms with Crippen LogP contribution < -0.4 is 10.6 Å². The summed E-state index contributed by atoms with van der Waals surface area (Å²) in [6.45, 7) is 14.4. The fourth-order valence-electron chi connectivity index (χ4n) is 3.46. The second-order valence-corrected chi connectivity index (χ2v) is 7.88. The van der Waals surface area contributed by atoms with Gasteiger partial charge in [-0.2, -0.15) is 0 Å². The van der Waals surface area contributed by atoms with Crippen LogP contribution in [-0.4, -0.2) is 62.3 Å². The van der Waals surface area contributed by atoms with Crippen molar-refractivity contribution >= 4 is 29.9 Å². The molecule has 0 amide bonds. The summed E-state index contributed by atoms with van der Waals surface area (Å²) in [5.74, 6) is 2.44. The lowest BCUT2D eigenvalue weighted by Gasteiger charge is -2.30. The van der Waals surface area contributed by atoms with E-state index in [4.69, 9.17) is 14.1 Å². The van der Waals surface area contributed by atoms with Crippen molar-refractivity contribution in [2.75, 3.05) is 39.4 Å². The van der Waals surface area contributed by atoms with Crippen molar-refractivity contribution < 1.29 is 9.15 Å². The highest BCUT2D eigenvalue weighted by Crippen LogP contribution is 2.12. The van der Waals surface area contributed by atoms with Gasteiger partial charge in [0.2, 0.25) is 0 Å². The molecule has 6 nitrogen and oxygen atoms in total. The van der Waals surface area contributed by atoms with Crippen molar-refractivity contribution in [3.63, 3.8) is 0 Å². The van der Waals surface area contributed by atoms with Gasteiger partial charge in [-0.25, -0.2) is 0 Å². The highest BCUT2D eigenvalue weighted by molar-refractivity contribution is 14.0. The normalized spacial score (nSPS) is 17.4. The molecule has 162 valence electrons. The Labute approximate surface area is 187 Å². The molecule has 1 saturated heterocycles. The molecule has 1 unspecified atom stereocenters. The molecule has 0 radical (unpaired) electrons. The second kappa shape index (κ2) is 14.2. The van der Waals surface area contributed by atoms with Crippen LogP contribution in [0.4, 0.5) is 0 Å². The smallest absolute Gasteiger partial charge is 0.191 e. The van der Waals surface area contributed by atoms with Gasteiger partial charge < -0.3 is 19.8 Å². The van der Waals surface area contributed by atoms with E-state index in [0.717, 1.165) is 70.4 Å². The molecule has 2 N–H and O–H groups in total. The molecule has 1 fully saturated rings. The molecule has 0 saturated carbocycles. The van der Waals surface area contributed by atoms with Crippen molar-refractivity contribution in [3.8, 4) is 0 Å². The quantitative estimate of drug-likeness (QED) is 0.208. The number of halogens is 1. The Hall–Kier alpha value is -0.800. The number of nitrogens with one attached hydrogen (secondary N) is 2. The van der Waals surface area contributed by atoms with Crippen molar-refractivity contribution in [2.24, 2.45) is 10.9 Å². The van der Waals surface area contributed by atoms with Crippen LogP contribution in [0.3, 0.4) is 0 Å². The van der Waals surface area contributed by atoms with E-state index in [1.807, 2.05) is 12.1 Å². The number of aliphatic imine (C=N–C) groups is 1. The van der Waals surface area contributed by atoms with Crippen LogP contribution in [0.5, 0.6) is 0 Å². The Balaban J connectivity index is 0.00000392. The zero-order chi connectivity index (χ0) is 19.5. The first-order valence-corrected chi connectivity index (χ1v) is 10.4. The second-order valence-electron chi connectivity index (χ2n) is 7.88. The molecule has 1 aliphatic heterocycles. The molecule has 1 aliphatic rings. The summed E-state index contributed by atoms with van der Waals surface area (Å²) in [6, 6.07) is 5.09. The number of furan rings is 1. The molecule has 28 heavy (non-hydrogen) atoms. The van der Waals surface area contributed by atoms with Gasteiger partial charge in [-0.15, -0.1) is 24.0 Å². The van der Waals surface area contributed by atoms with Gasteiger partial charge in [0, 0.05) is 57.2 Å². The van der Waals surface area contributed by atoms with Crippen LogP contribution in [0.2, 0.25) is 0 Å². The van der Waals surface area contributed by atoms with E-state index in [9.17, 15) is 0 Å². The molecule has 1 atom stereocenters. The molecule has 0 aliphatic carbocycles. The maximum atomic E-state index is 5.46. The zero-order valence-electron chi connectivity index (χ0n) is 17.9. The summed E-state index contributed by atoms with van der Waals surface area (Å²) in [7, 11) is 0. The van der Waals surface area contributed by atoms with E-state index >= 15 is 0 Å². The number of guanidine groups is 1. The van der Waals surface area contributed by atoms with Crippen molar-refractivity contribution in [1.29, 1.82) is 0 Å². The van der Waals surface area contributed by atoms with E-state index in [-0.39, 0.29) is 24.0 Å². The summed E-state index contributed by atoms with van der Waals surface area (Å²) in [4.78, 5) is 7.31. The van der Waals surface area contributed by atoms with Crippen molar-refractivity contribution in [3.05, 3.63) is 24.2 Å². The van der Waals surface area contributed by atoms with E-state index in [0.29, 0.717) is 18.0 Å². The summed E-state index contributed by atoms with van der Waals surface area (Å²) in [5, 5.41) is 6.94. The minimum atomic E-state index is 0. The van der Waals surface area contributed by atoms with Crippen molar-refractivity contribution in [1.82, 2.24) is 15.5 Å². The summed E-state index contributed by atoms with van der Waals surface area (Å²) in [6.07, 6.45) is 4.79. The molecule has 1 aromatic heterocycles. The maximum absolute atomic E-state index is 5.46. The highest BCUT2D eigenvalue weighted by Gasteiger charge is 2.15. The fourth-order valence-corrected chi connectivity index (χ4v) is 3.46. The summed E-state index contributed by atoms with van der Waals surface area (Å²) in [5.41, 5.74) is 0. The van der Waals surface area contributed by atoms with Crippen LogP contribution >= 0.6 is 24.0 Å². The number of hydrogen-bond donors (Lipinski definition) is 2. The van der Waals surface area contributed by atoms with Crippen molar-refractivity contribution in [2.45, 2.75) is 59.0 Å². The number of hydrogen-bond acceptors (Lipinski definition) is 4. The molecule has 0 bridgehead atoms. The summed E-state index contributed by atoms with van der Waals surface area (Å²) >= 11 is 0. The highest BCUT2D eigenvalue weighted by atomic mass is 127. The Morgan fingerprint density at radius 2 is 1.96 bits per heavy atom. The van der Waals surface area contributed by atoms with E-state index < -0.39 is 0 Å². The van der Waals surface area contributed by atoms with Crippen LogP contribution in [-0.2, 0) is 11.2 Å². The van der Waals surface area contributed by atoms with Gasteiger partial charge in [0.05, 0.1) is 12.9 Å². The maximum Gasteiger partial charge on any atom is 0.191 e. The predicted molar refractivity (Wildman–Crippen MR) is 127 cm³/mol. The molecule has 7 heteroatoms. The number of ether oxygens (including phenoxy) is 1. The molecule has 0 aromatic carbocycles. The SMILES string of the molecule is CC(C)N(CCCNC(=NCC1CCOC1)NCCc1ccco1)C(C)C.I. The average Bonchev–Trinajstić information content (AvgIpc) is 3.32. The van der Waals surface area contributed by atoms with Gasteiger partial charge in [-0.05, 0) is 52.7 Å². The largest absolute Gasteiger partial charge is 0.469 e. The zero-order valence-corrected chi connectivity index (χ0v) is 20.3. The third-order valence-electron chi connectivity index (χ3n) is 4.99. The minimum Gasteiger partial charge on any atom is -0.469 e. The van der Waals surface area contributed by atoms with Gasteiger partial charge in [-0.3, -0.25) is 9.89 Å². The Morgan fingerprint density at radius 1 is 1.21 bits per heavy atom. The standard InChI is InChI=1S/C21H38N4O2.HI/c1-17(2)25(18(3)4)12-6-10-22-21(24-15-19-9-14-26-16-19)23-11-8-20-7-5-13-27-20;/h5,7,13,17-19H,6,8-12,14-16H2,1-4H3,(H2,22,23,24);1H. The molecule has 0 spiro atoms. The van der Waals surface area contributed by atoms with Crippen LogP contribution in [0, 0.1) is 5.92 Å². The third kappa shape index (κ3) is 9.60. The van der Waals surface area contributed by atoms with Gasteiger partial charge >= 0.3 is 0 Å². The monoisotopic (exact) mass is 506 g/mol. The number of rotatable bonds is 11. The molecule has 2 rings (SSSR count). The third-order valence-corrected chi connectivity index (χ3v) is 4.99. The van der Waals surface area contributed by atoms with E-state index in [1.165, 1.54) is 0 Å². The Bertz CT molecular complexity index is 521. The summed E-state index contributed by atoms with van der Waals surface area (Å²) < 4.78 is 10.9. The number of nitrogens with zero attached hydrogens (tertiary/aromatic N) is 2. The Kier molecular flexibility index (Phi) is 12.8. The lowest BCUT2D eigenvalue weighted by molar-refractivity contribution is 0.173. The van der Waals surface area contributed by atoms with Gasteiger partial charge in [0.15, 0.2) is 5.96 Å². The van der Waals surface area contributed by atoms with Gasteiger partial charge in [-0.1, -0.05) is 0 Å². The molecule has 2 heterocycles. The average molecular weight is 506 g/mol. The van der Waals surface area contributed by atoms with Crippen LogP contribution in [0.25, 0.3) is 0 Å². The molecular formula is C21H39IN4O2. The first-order valence-electron chi connectivity index (χ1n) is 10.4. The molecule has 1 aromatic rings. The van der Waals surface area contributed by atoms with E-state index in [2.05, 4.69) is 43.2 Å². The predicted octanol–water partition coefficient (Wildman–Crippen LogP) is 3.52. The first kappa shape index (κ1) is 25.2. The lowest BCUT2D eigenvalue weighted by Crippen LogP contribution is -2.42. The minimum absolute atomic E-state index is 0. The lowest BCUT2D eigenvalue weighted by atomic mass is 10.1. The van der Waals surface area contributed by atoms with E-state index in [1.54, 1.807) is 6.26 Å². The fraction of sp³-hybridized carbons (Fsp3) is 0.762. The van der Waals surface area contributed by atoms with Crippen LogP contribution in [0.15, 0.2) is 27.8 Å². The van der Waals surface area contributed by atoms with Gasteiger partial charge in [0.1, 0.15) is 5.76 Å². The topological polar surface area (TPSA) is 62.0 Å².